The maximum atomic E-state index is 12.0. The van der Waals surface area contributed by atoms with Crippen molar-refractivity contribution in [3.63, 3.8) is 0 Å². The van der Waals surface area contributed by atoms with Crippen LogP contribution in [-0.4, -0.2) is 21.0 Å². The fourth-order valence-corrected chi connectivity index (χ4v) is 1.56. The van der Waals surface area contributed by atoms with Crippen LogP contribution >= 0.6 is 0 Å². The average molecular weight is 258 g/mol. The van der Waals surface area contributed by atoms with E-state index in [1.165, 1.54) is 0 Å². The molecular weight excluding hydrogens is 244 g/mol. The van der Waals surface area contributed by atoms with Gasteiger partial charge in [-0.1, -0.05) is 17.7 Å². The molecule has 0 fully saturated rings. The van der Waals surface area contributed by atoms with Crippen molar-refractivity contribution in [2.24, 2.45) is 0 Å². The van der Waals surface area contributed by atoms with Crippen LogP contribution < -0.4 is 11.1 Å². The number of amides is 1. The zero-order valence-electron chi connectivity index (χ0n) is 10.6. The first kappa shape index (κ1) is 12.8. The van der Waals surface area contributed by atoms with Crippen LogP contribution in [0.25, 0.3) is 0 Å². The van der Waals surface area contributed by atoms with Gasteiger partial charge in [0.05, 0.1) is 5.69 Å². The molecule has 2 aromatic rings. The van der Waals surface area contributed by atoms with Crippen LogP contribution in [0.4, 0.5) is 11.8 Å². The summed E-state index contributed by atoms with van der Waals surface area (Å²) < 4.78 is 0. The molecule has 0 unspecified atom stereocenters. The smallest absolute Gasteiger partial charge is 0.256 e. The van der Waals surface area contributed by atoms with Gasteiger partial charge in [0.1, 0.15) is 0 Å². The van der Waals surface area contributed by atoms with Crippen molar-refractivity contribution < 1.29 is 9.90 Å². The number of carbonyl (C=O) groups excluding carboxylic acids is 1. The molecule has 6 heteroatoms. The van der Waals surface area contributed by atoms with Crippen molar-refractivity contribution in [2.45, 2.75) is 13.8 Å². The highest BCUT2D eigenvalue weighted by Crippen LogP contribution is 2.24. The summed E-state index contributed by atoms with van der Waals surface area (Å²) in [5.74, 6) is -0.549. The molecular formula is C13H14N4O2. The van der Waals surface area contributed by atoms with E-state index in [1.807, 2.05) is 19.1 Å². The van der Waals surface area contributed by atoms with Gasteiger partial charge in [-0.05, 0) is 26.0 Å². The first-order chi connectivity index (χ1) is 8.97. The number of aryl methyl sites for hydroxylation is 2. The topological polar surface area (TPSA) is 101 Å². The van der Waals surface area contributed by atoms with Gasteiger partial charge in [-0.25, -0.2) is 4.98 Å². The molecule has 2 rings (SSSR count). The van der Waals surface area contributed by atoms with Crippen molar-refractivity contribution in [1.82, 2.24) is 9.97 Å². The molecule has 0 atom stereocenters. The third kappa shape index (κ3) is 2.79. The van der Waals surface area contributed by atoms with Gasteiger partial charge in [0.25, 0.3) is 5.91 Å². The Morgan fingerprint density at radius 1 is 1.21 bits per heavy atom. The molecule has 1 aromatic carbocycles. The molecule has 0 saturated heterocycles. The van der Waals surface area contributed by atoms with E-state index in [0.717, 1.165) is 5.56 Å². The van der Waals surface area contributed by atoms with Crippen molar-refractivity contribution >= 4 is 17.7 Å². The van der Waals surface area contributed by atoms with E-state index in [4.69, 9.17) is 5.73 Å². The minimum absolute atomic E-state index is 0.00509. The summed E-state index contributed by atoms with van der Waals surface area (Å²) in [5, 5.41) is 12.3. The fourth-order valence-electron chi connectivity index (χ4n) is 1.56. The Kier molecular flexibility index (Phi) is 3.33. The van der Waals surface area contributed by atoms with E-state index in [0.29, 0.717) is 11.3 Å². The van der Waals surface area contributed by atoms with Crippen LogP contribution in [0.5, 0.6) is 5.75 Å². The number of aromatic hydroxyl groups is 1. The lowest BCUT2D eigenvalue weighted by molar-refractivity contribution is 0.102. The first-order valence-corrected chi connectivity index (χ1v) is 5.68. The van der Waals surface area contributed by atoms with Crippen LogP contribution in [0, 0.1) is 13.8 Å². The molecule has 0 aliphatic rings. The highest BCUT2D eigenvalue weighted by Gasteiger charge is 2.13. The lowest BCUT2D eigenvalue weighted by Gasteiger charge is -2.08. The van der Waals surface area contributed by atoms with Crippen LogP contribution in [0.1, 0.15) is 21.6 Å². The van der Waals surface area contributed by atoms with Gasteiger partial charge in [0.2, 0.25) is 5.95 Å². The summed E-state index contributed by atoms with van der Waals surface area (Å²) in [6, 6.07) is 7.04. The summed E-state index contributed by atoms with van der Waals surface area (Å²) in [6.07, 6.45) is 0. The van der Waals surface area contributed by atoms with Crippen LogP contribution in [0.3, 0.4) is 0 Å². The van der Waals surface area contributed by atoms with Crippen LogP contribution in [0.2, 0.25) is 0 Å². The monoisotopic (exact) mass is 258 g/mol. The van der Waals surface area contributed by atoms with Gasteiger partial charge in [-0.3, -0.25) is 4.79 Å². The number of aromatic nitrogens is 2. The number of rotatable bonds is 2. The molecule has 1 amide bonds. The standard InChI is InChI=1S/C13H14N4O2/c1-7-3-5-9(6-4-7)12(19)16-11-10(18)8(2)15-13(14)17-11/h3-6,18H,1-2H3,(H3,14,15,16,17,19). The first-order valence-electron chi connectivity index (χ1n) is 5.68. The van der Waals surface area contributed by atoms with Gasteiger partial charge in [0, 0.05) is 5.56 Å². The number of hydrogen-bond acceptors (Lipinski definition) is 5. The zero-order valence-corrected chi connectivity index (χ0v) is 10.6. The Hall–Kier alpha value is -2.63. The Morgan fingerprint density at radius 3 is 2.47 bits per heavy atom. The lowest BCUT2D eigenvalue weighted by atomic mass is 10.1. The quantitative estimate of drug-likeness (QED) is 0.760. The maximum Gasteiger partial charge on any atom is 0.256 e. The number of hydrogen-bond donors (Lipinski definition) is 3. The second kappa shape index (κ2) is 4.93. The van der Waals surface area contributed by atoms with Gasteiger partial charge in [-0.2, -0.15) is 4.98 Å². The molecule has 0 aliphatic carbocycles. The van der Waals surface area contributed by atoms with Gasteiger partial charge in [0.15, 0.2) is 11.6 Å². The molecule has 6 nitrogen and oxygen atoms in total. The third-order valence-corrected chi connectivity index (χ3v) is 2.62. The maximum absolute atomic E-state index is 12.0. The normalized spacial score (nSPS) is 10.2. The van der Waals surface area contributed by atoms with E-state index in [-0.39, 0.29) is 23.4 Å². The number of nitrogens with zero attached hydrogens (tertiary/aromatic N) is 2. The number of nitrogen functional groups attached to an aromatic ring is 1. The lowest BCUT2D eigenvalue weighted by Crippen LogP contribution is -2.14. The number of benzene rings is 1. The molecule has 0 radical (unpaired) electrons. The summed E-state index contributed by atoms with van der Waals surface area (Å²) in [7, 11) is 0. The molecule has 1 heterocycles. The average Bonchev–Trinajstić information content (AvgIpc) is 2.36. The van der Waals surface area contributed by atoms with Crippen molar-refractivity contribution in [3.8, 4) is 5.75 Å². The fraction of sp³-hybridized carbons (Fsp3) is 0.154. The van der Waals surface area contributed by atoms with Crippen LogP contribution in [0.15, 0.2) is 24.3 Å². The van der Waals surface area contributed by atoms with E-state index >= 15 is 0 Å². The van der Waals surface area contributed by atoms with Crippen molar-refractivity contribution in [1.29, 1.82) is 0 Å². The Morgan fingerprint density at radius 2 is 1.84 bits per heavy atom. The SMILES string of the molecule is Cc1ccc(C(=O)Nc2nc(N)nc(C)c2O)cc1. The summed E-state index contributed by atoms with van der Waals surface area (Å²) in [5.41, 5.74) is 7.32. The number of nitrogens with one attached hydrogen (secondary N) is 1. The number of carbonyl (C=O) groups is 1. The Labute approximate surface area is 110 Å². The predicted molar refractivity (Wildman–Crippen MR) is 72.0 cm³/mol. The molecule has 1 aromatic heterocycles. The van der Waals surface area contributed by atoms with Gasteiger partial charge >= 0.3 is 0 Å². The predicted octanol–water partition coefficient (Wildman–Crippen LogP) is 1.63. The molecule has 19 heavy (non-hydrogen) atoms. The molecule has 98 valence electrons. The van der Waals surface area contributed by atoms with Crippen molar-refractivity contribution in [3.05, 3.63) is 41.1 Å². The van der Waals surface area contributed by atoms with E-state index in [1.54, 1.807) is 19.1 Å². The highest BCUT2D eigenvalue weighted by molar-refractivity contribution is 6.04. The van der Waals surface area contributed by atoms with Gasteiger partial charge < -0.3 is 16.2 Å². The molecule has 0 aliphatic heterocycles. The van der Waals surface area contributed by atoms with E-state index < -0.39 is 0 Å². The highest BCUT2D eigenvalue weighted by atomic mass is 16.3. The molecule has 0 bridgehead atoms. The Bertz CT molecular complexity index is 623. The minimum Gasteiger partial charge on any atom is -0.503 e. The minimum atomic E-state index is -0.368. The second-order valence-electron chi connectivity index (χ2n) is 4.18. The number of nitrogens with two attached hydrogens (primary N) is 1. The zero-order chi connectivity index (χ0) is 14.0. The van der Waals surface area contributed by atoms with Crippen molar-refractivity contribution in [2.75, 3.05) is 11.1 Å². The third-order valence-electron chi connectivity index (χ3n) is 2.62. The number of anilines is 2. The van der Waals surface area contributed by atoms with Crippen LogP contribution in [-0.2, 0) is 0 Å². The van der Waals surface area contributed by atoms with E-state index in [2.05, 4.69) is 15.3 Å². The van der Waals surface area contributed by atoms with Gasteiger partial charge in [-0.15, -0.1) is 0 Å². The molecule has 4 N–H and O–H groups in total. The Balaban J connectivity index is 2.26. The summed E-state index contributed by atoms with van der Waals surface area (Å²) in [4.78, 5) is 19.6. The largest absolute Gasteiger partial charge is 0.503 e. The molecule has 0 spiro atoms. The second-order valence-corrected chi connectivity index (χ2v) is 4.18. The van der Waals surface area contributed by atoms with E-state index in [9.17, 15) is 9.90 Å². The summed E-state index contributed by atoms with van der Waals surface area (Å²) >= 11 is 0. The summed E-state index contributed by atoms with van der Waals surface area (Å²) in [6.45, 7) is 3.51. The molecule has 0 saturated carbocycles.